The van der Waals surface area contributed by atoms with Crippen LogP contribution >= 0.6 is 0 Å². The highest BCUT2D eigenvalue weighted by Gasteiger charge is 2.43. The summed E-state index contributed by atoms with van der Waals surface area (Å²) in [5, 5.41) is 0. The van der Waals surface area contributed by atoms with Crippen LogP contribution in [0, 0.1) is 35.5 Å². The van der Waals surface area contributed by atoms with E-state index in [4.69, 9.17) is 0 Å². The fraction of sp³-hybridized carbons (Fsp3) is 1.00. The minimum atomic E-state index is 0.931. The fourth-order valence-electron chi connectivity index (χ4n) is 4.40. The number of unbranched alkanes of at least 4 members (excludes halogenated alkanes) is 3. The molecule has 20 heavy (non-hydrogen) atoms. The first-order chi connectivity index (χ1) is 9.52. The molecule has 0 N–H and O–H groups in total. The molecule has 1 rings (SSSR count). The highest BCUT2D eigenvalue weighted by atomic mass is 14.5. The Morgan fingerprint density at radius 1 is 0.750 bits per heavy atom. The van der Waals surface area contributed by atoms with E-state index in [1.165, 1.54) is 51.4 Å². The molecule has 0 heteroatoms. The molecule has 0 radical (unpaired) electrons. The molecule has 1 saturated carbocycles. The first-order valence-corrected chi connectivity index (χ1v) is 9.52. The normalized spacial score (nSPS) is 30.0. The van der Waals surface area contributed by atoms with Crippen molar-refractivity contribution in [3.63, 3.8) is 0 Å². The third-order valence-electron chi connectivity index (χ3n) is 6.28. The van der Waals surface area contributed by atoms with Gasteiger partial charge in [-0.3, -0.25) is 0 Å². The van der Waals surface area contributed by atoms with Gasteiger partial charge in [0.25, 0.3) is 0 Å². The zero-order chi connectivity index (χ0) is 15.1. The van der Waals surface area contributed by atoms with E-state index in [9.17, 15) is 0 Å². The zero-order valence-electron chi connectivity index (χ0n) is 15.1. The first-order valence-electron chi connectivity index (χ1n) is 9.52. The van der Waals surface area contributed by atoms with Crippen LogP contribution in [0.3, 0.4) is 0 Å². The average Bonchev–Trinajstić information content (AvgIpc) is 2.97. The van der Waals surface area contributed by atoms with Crippen LogP contribution in [0.15, 0.2) is 0 Å². The lowest BCUT2D eigenvalue weighted by molar-refractivity contribution is 0.202. The summed E-state index contributed by atoms with van der Waals surface area (Å²) in [6.45, 7) is 14.6. The molecule has 0 aromatic carbocycles. The second-order valence-corrected chi connectivity index (χ2v) is 7.87. The molecule has 1 aliphatic rings. The van der Waals surface area contributed by atoms with Crippen molar-refractivity contribution in [2.75, 3.05) is 0 Å². The summed E-state index contributed by atoms with van der Waals surface area (Å²) in [4.78, 5) is 0. The third-order valence-corrected chi connectivity index (χ3v) is 6.28. The van der Waals surface area contributed by atoms with E-state index in [1.54, 1.807) is 0 Å². The summed E-state index contributed by atoms with van der Waals surface area (Å²) >= 11 is 0. The Morgan fingerprint density at radius 3 is 1.90 bits per heavy atom. The molecule has 5 unspecified atom stereocenters. The Hall–Kier alpha value is 0. The van der Waals surface area contributed by atoms with Gasteiger partial charge in [-0.25, -0.2) is 0 Å². The van der Waals surface area contributed by atoms with Crippen LogP contribution in [0.1, 0.15) is 92.9 Å². The summed E-state index contributed by atoms with van der Waals surface area (Å²) in [6.07, 6.45) is 11.5. The molecule has 0 heterocycles. The number of hydrogen-bond acceptors (Lipinski definition) is 0. The second-order valence-electron chi connectivity index (χ2n) is 7.87. The SMILES string of the molecule is CCCCCCC(C(C)CCC)C(C)CC1C(C)C1C. The molecule has 5 atom stereocenters. The molecule has 120 valence electrons. The number of hydrogen-bond donors (Lipinski definition) is 0. The number of rotatable bonds is 11. The summed E-state index contributed by atoms with van der Waals surface area (Å²) < 4.78 is 0. The maximum atomic E-state index is 2.55. The van der Waals surface area contributed by atoms with Gasteiger partial charge in [-0.05, 0) is 48.3 Å². The van der Waals surface area contributed by atoms with E-state index in [-0.39, 0.29) is 0 Å². The molecular weight excluding hydrogens is 240 g/mol. The van der Waals surface area contributed by atoms with Gasteiger partial charge in [0.1, 0.15) is 0 Å². The Balaban J connectivity index is 2.43. The summed E-state index contributed by atoms with van der Waals surface area (Å²) in [5.74, 6) is 5.89. The molecule has 0 aromatic heterocycles. The highest BCUT2D eigenvalue weighted by Crippen LogP contribution is 2.50. The van der Waals surface area contributed by atoms with Crippen LogP contribution in [0.5, 0.6) is 0 Å². The van der Waals surface area contributed by atoms with Crippen molar-refractivity contribution in [1.82, 2.24) is 0 Å². The summed E-state index contributed by atoms with van der Waals surface area (Å²) in [6, 6.07) is 0. The molecule has 1 aliphatic carbocycles. The highest BCUT2D eigenvalue weighted by molar-refractivity contribution is 4.92. The van der Waals surface area contributed by atoms with E-state index < -0.39 is 0 Å². The van der Waals surface area contributed by atoms with Crippen molar-refractivity contribution in [2.24, 2.45) is 35.5 Å². The fourth-order valence-corrected chi connectivity index (χ4v) is 4.40. The molecule has 0 bridgehead atoms. The van der Waals surface area contributed by atoms with E-state index in [0.717, 1.165) is 35.5 Å². The van der Waals surface area contributed by atoms with E-state index in [1.807, 2.05) is 0 Å². The molecule has 0 amide bonds. The van der Waals surface area contributed by atoms with Crippen LogP contribution in [0.25, 0.3) is 0 Å². The van der Waals surface area contributed by atoms with Gasteiger partial charge in [-0.1, -0.05) is 80.1 Å². The zero-order valence-corrected chi connectivity index (χ0v) is 15.1. The lowest BCUT2D eigenvalue weighted by Crippen LogP contribution is -2.21. The second kappa shape index (κ2) is 9.11. The monoisotopic (exact) mass is 280 g/mol. The van der Waals surface area contributed by atoms with Crippen molar-refractivity contribution in [2.45, 2.75) is 92.9 Å². The van der Waals surface area contributed by atoms with Crippen LogP contribution in [0.4, 0.5) is 0 Å². The van der Waals surface area contributed by atoms with E-state index in [2.05, 4.69) is 41.5 Å². The van der Waals surface area contributed by atoms with Crippen molar-refractivity contribution in [3.05, 3.63) is 0 Å². The van der Waals surface area contributed by atoms with Crippen molar-refractivity contribution in [3.8, 4) is 0 Å². The third kappa shape index (κ3) is 5.41. The van der Waals surface area contributed by atoms with Gasteiger partial charge in [0.15, 0.2) is 0 Å². The van der Waals surface area contributed by atoms with Crippen molar-refractivity contribution >= 4 is 0 Å². The topological polar surface area (TPSA) is 0 Å². The minimum absolute atomic E-state index is 0.931. The van der Waals surface area contributed by atoms with Gasteiger partial charge < -0.3 is 0 Å². The Bertz CT molecular complexity index is 236. The lowest BCUT2D eigenvalue weighted by atomic mass is 9.76. The van der Waals surface area contributed by atoms with Gasteiger partial charge in [0.2, 0.25) is 0 Å². The molecule has 1 fully saturated rings. The van der Waals surface area contributed by atoms with Crippen molar-refractivity contribution in [1.29, 1.82) is 0 Å². The Labute approximate surface area is 129 Å². The predicted molar refractivity (Wildman–Crippen MR) is 91.9 cm³/mol. The first kappa shape index (κ1) is 18.1. The van der Waals surface area contributed by atoms with Gasteiger partial charge in [-0.15, -0.1) is 0 Å². The van der Waals surface area contributed by atoms with E-state index in [0.29, 0.717) is 0 Å². The maximum Gasteiger partial charge on any atom is -0.0355 e. The van der Waals surface area contributed by atoms with Crippen LogP contribution in [0.2, 0.25) is 0 Å². The summed E-state index contributed by atoms with van der Waals surface area (Å²) in [7, 11) is 0. The van der Waals surface area contributed by atoms with Gasteiger partial charge in [-0.2, -0.15) is 0 Å². The molecule has 0 nitrogen and oxygen atoms in total. The minimum Gasteiger partial charge on any atom is -0.0654 e. The van der Waals surface area contributed by atoms with Crippen LogP contribution < -0.4 is 0 Å². The van der Waals surface area contributed by atoms with Crippen LogP contribution in [-0.2, 0) is 0 Å². The molecule has 0 spiro atoms. The van der Waals surface area contributed by atoms with E-state index >= 15 is 0 Å². The predicted octanol–water partition coefficient (Wildman–Crippen LogP) is 6.94. The largest absolute Gasteiger partial charge is 0.0654 e. The van der Waals surface area contributed by atoms with Gasteiger partial charge in [0.05, 0.1) is 0 Å². The van der Waals surface area contributed by atoms with Crippen molar-refractivity contribution < 1.29 is 0 Å². The standard InChI is InChI=1S/C20H40/c1-7-9-10-11-13-19(15(3)12-8-2)16(4)14-20-17(5)18(20)6/h15-20H,7-14H2,1-6H3. The lowest BCUT2D eigenvalue weighted by Gasteiger charge is -2.30. The Morgan fingerprint density at radius 2 is 1.40 bits per heavy atom. The molecule has 0 aliphatic heterocycles. The summed E-state index contributed by atoms with van der Waals surface area (Å²) in [5.41, 5.74) is 0. The van der Waals surface area contributed by atoms with Gasteiger partial charge in [0, 0.05) is 0 Å². The molecule has 0 aromatic rings. The Kier molecular flexibility index (Phi) is 8.22. The average molecular weight is 281 g/mol. The van der Waals surface area contributed by atoms with Crippen LogP contribution in [-0.4, -0.2) is 0 Å². The maximum absolute atomic E-state index is 2.55. The smallest absolute Gasteiger partial charge is 0.0355 e. The van der Waals surface area contributed by atoms with Gasteiger partial charge >= 0.3 is 0 Å². The quantitative estimate of drug-likeness (QED) is 0.360. The molecular formula is C20H40. The molecule has 0 saturated heterocycles.